The molecule has 3 heteroatoms. The summed E-state index contributed by atoms with van der Waals surface area (Å²) in [5.41, 5.74) is 5.49. The molecule has 0 spiro atoms. The Hall–Kier alpha value is -0.930. The molecule has 0 aliphatic heterocycles. The Morgan fingerprint density at radius 1 is 1.44 bits per heavy atom. The van der Waals surface area contributed by atoms with Crippen LogP contribution < -0.4 is 11.3 Å². The summed E-state index contributed by atoms with van der Waals surface area (Å²) >= 11 is 0. The maximum absolute atomic E-state index is 5.63. The number of hydrogen-bond acceptors (Lipinski definition) is 3. The van der Waals surface area contributed by atoms with Crippen LogP contribution in [0, 0.1) is 12.3 Å². The smallest absolute Gasteiger partial charge is 0.0478 e. The van der Waals surface area contributed by atoms with Gasteiger partial charge in [0.2, 0.25) is 0 Å². The van der Waals surface area contributed by atoms with E-state index in [0.29, 0.717) is 5.41 Å². The highest BCUT2D eigenvalue weighted by Crippen LogP contribution is 2.27. The van der Waals surface area contributed by atoms with Gasteiger partial charge in [0.1, 0.15) is 0 Å². The molecule has 16 heavy (non-hydrogen) atoms. The van der Waals surface area contributed by atoms with Gasteiger partial charge in [0.15, 0.2) is 0 Å². The van der Waals surface area contributed by atoms with Crippen molar-refractivity contribution in [3.8, 4) is 0 Å². The van der Waals surface area contributed by atoms with Crippen LogP contribution in [0.2, 0.25) is 0 Å². The highest BCUT2D eigenvalue weighted by atomic mass is 15.2. The summed E-state index contributed by atoms with van der Waals surface area (Å²) in [6, 6.07) is 4.26. The minimum atomic E-state index is 0.202. The van der Waals surface area contributed by atoms with Gasteiger partial charge < -0.3 is 0 Å². The zero-order valence-corrected chi connectivity index (χ0v) is 10.7. The molecule has 1 atom stereocenters. The molecule has 90 valence electrons. The summed E-state index contributed by atoms with van der Waals surface area (Å²) in [5, 5.41) is 0. The largest absolute Gasteiger partial charge is 0.271 e. The van der Waals surface area contributed by atoms with Crippen LogP contribution in [-0.2, 0) is 0 Å². The lowest BCUT2D eigenvalue weighted by molar-refractivity contribution is 0.333. The van der Waals surface area contributed by atoms with Crippen molar-refractivity contribution in [1.82, 2.24) is 10.4 Å². The Balaban J connectivity index is 2.72. The molecule has 0 amide bonds. The van der Waals surface area contributed by atoms with Crippen molar-refractivity contribution in [3.63, 3.8) is 0 Å². The fraction of sp³-hybridized carbons (Fsp3) is 0.615. The first kappa shape index (κ1) is 13.1. The molecule has 0 bridgehead atoms. The molecule has 0 saturated heterocycles. The molecule has 0 fully saturated rings. The zero-order valence-electron chi connectivity index (χ0n) is 10.7. The van der Waals surface area contributed by atoms with E-state index in [9.17, 15) is 0 Å². The predicted octanol–water partition coefficient (Wildman–Crippen LogP) is 2.72. The van der Waals surface area contributed by atoms with Crippen LogP contribution in [0.3, 0.4) is 0 Å². The van der Waals surface area contributed by atoms with Crippen molar-refractivity contribution >= 4 is 0 Å². The fourth-order valence-corrected chi connectivity index (χ4v) is 1.77. The Morgan fingerprint density at radius 3 is 2.62 bits per heavy atom. The van der Waals surface area contributed by atoms with Crippen LogP contribution in [0.25, 0.3) is 0 Å². The average Bonchev–Trinajstić information content (AvgIpc) is 2.20. The number of nitrogens with two attached hydrogens (primary N) is 1. The van der Waals surface area contributed by atoms with Gasteiger partial charge in [-0.05, 0) is 36.8 Å². The maximum Gasteiger partial charge on any atom is 0.0478 e. The van der Waals surface area contributed by atoms with Gasteiger partial charge in [0.25, 0.3) is 0 Å². The first-order valence-electron chi connectivity index (χ1n) is 5.81. The number of aryl methyl sites for hydroxylation is 1. The third-order valence-electron chi connectivity index (χ3n) is 2.81. The van der Waals surface area contributed by atoms with Crippen molar-refractivity contribution in [1.29, 1.82) is 0 Å². The highest BCUT2D eigenvalue weighted by molar-refractivity contribution is 5.22. The van der Waals surface area contributed by atoms with Gasteiger partial charge >= 0.3 is 0 Å². The molecule has 0 radical (unpaired) electrons. The summed E-state index contributed by atoms with van der Waals surface area (Å²) in [6.45, 7) is 8.76. The summed E-state index contributed by atoms with van der Waals surface area (Å²) < 4.78 is 0. The van der Waals surface area contributed by atoms with Crippen molar-refractivity contribution < 1.29 is 0 Å². The minimum Gasteiger partial charge on any atom is -0.271 e. The second-order valence-electron chi connectivity index (χ2n) is 5.50. The lowest BCUT2D eigenvalue weighted by Gasteiger charge is -2.23. The SMILES string of the molecule is Cc1ncccc1C(CCC(C)(C)C)NN. The van der Waals surface area contributed by atoms with E-state index in [0.717, 1.165) is 18.5 Å². The van der Waals surface area contributed by atoms with E-state index >= 15 is 0 Å². The summed E-state index contributed by atoms with van der Waals surface area (Å²) in [7, 11) is 0. The second kappa shape index (κ2) is 5.41. The van der Waals surface area contributed by atoms with Crippen LogP contribution in [0.4, 0.5) is 0 Å². The van der Waals surface area contributed by atoms with Crippen LogP contribution in [0.1, 0.15) is 50.9 Å². The van der Waals surface area contributed by atoms with E-state index in [-0.39, 0.29) is 6.04 Å². The Labute approximate surface area is 98.4 Å². The molecular formula is C13H23N3. The molecule has 1 unspecified atom stereocenters. The number of nitrogens with one attached hydrogen (secondary N) is 1. The molecule has 3 N–H and O–H groups in total. The molecule has 1 rings (SSSR count). The van der Waals surface area contributed by atoms with Crippen molar-refractivity contribution in [2.45, 2.75) is 46.6 Å². The molecule has 3 nitrogen and oxygen atoms in total. The lowest BCUT2D eigenvalue weighted by Crippen LogP contribution is -2.29. The lowest BCUT2D eigenvalue weighted by atomic mass is 9.87. The van der Waals surface area contributed by atoms with Crippen LogP contribution in [0.15, 0.2) is 18.3 Å². The van der Waals surface area contributed by atoms with E-state index in [1.165, 1.54) is 5.56 Å². The zero-order chi connectivity index (χ0) is 12.2. The Bertz CT molecular complexity index is 328. The third kappa shape index (κ3) is 3.91. The normalized spacial score (nSPS) is 13.8. The van der Waals surface area contributed by atoms with Crippen LogP contribution >= 0.6 is 0 Å². The molecule has 1 aromatic rings. The van der Waals surface area contributed by atoms with Gasteiger partial charge in [-0.2, -0.15) is 0 Å². The van der Waals surface area contributed by atoms with E-state index in [1.54, 1.807) is 0 Å². The van der Waals surface area contributed by atoms with Gasteiger partial charge in [0.05, 0.1) is 0 Å². The number of nitrogens with zero attached hydrogens (tertiary/aromatic N) is 1. The molecular weight excluding hydrogens is 198 g/mol. The summed E-state index contributed by atoms with van der Waals surface area (Å²) in [4.78, 5) is 4.30. The number of hydrogen-bond donors (Lipinski definition) is 2. The maximum atomic E-state index is 5.63. The molecule has 1 heterocycles. The number of pyridine rings is 1. The average molecular weight is 221 g/mol. The van der Waals surface area contributed by atoms with Gasteiger partial charge in [0, 0.05) is 17.9 Å². The molecule has 0 aliphatic carbocycles. The standard InChI is InChI=1S/C13H23N3/c1-10-11(6-5-9-15-10)12(16-14)7-8-13(2,3)4/h5-6,9,12,16H,7-8,14H2,1-4H3. The number of hydrazine groups is 1. The molecule has 0 saturated carbocycles. The van der Waals surface area contributed by atoms with E-state index in [2.05, 4.69) is 37.2 Å². The van der Waals surface area contributed by atoms with Gasteiger partial charge in [-0.15, -0.1) is 0 Å². The van der Waals surface area contributed by atoms with Crippen LogP contribution in [0.5, 0.6) is 0 Å². The van der Waals surface area contributed by atoms with Gasteiger partial charge in [-0.25, -0.2) is 0 Å². The van der Waals surface area contributed by atoms with Gasteiger partial charge in [-0.1, -0.05) is 26.8 Å². The molecule has 0 aliphatic rings. The predicted molar refractivity (Wildman–Crippen MR) is 67.7 cm³/mol. The molecule has 1 aromatic heterocycles. The van der Waals surface area contributed by atoms with Crippen molar-refractivity contribution in [2.75, 3.05) is 0 Å². The van der Waals surface area contributed by atoms with Crippen molar-refractivity contribution in [2.24, 2.45) is 11.3 Å². The minimum absolute atomic E-state index is 0.202. The summed E-state index contributed by atoms with van der Waals surface area (Å²) in [5.74, 6) is 5.63. The van der Waals surface area contributed by atoms with E-state index in [4.69, 9.17) is 5.84 Å². The highest BCUT2D eigenvalue weighted by Gasteiger charge is 2.17. The Morgan fingerprint density at radius 2 is 2.12 bits per heavy atom. The first-order chi connectivity index (χ1) is 7.44. The van der Waals surface area contributed by atoms with Crippen LogP contribution in [-0.4, -0.2) is 4.98 Å². The van der Waals surface area contributed by atoms with Crippen molar-refractivity contribution in [3.05, 3.63) is 29.6 Å². The summed E-state index contributed by atoms with van der Waals surface area (Å²) in [6.07, 6.45) is 3.99. The third-order valence-corrected chi connectivity index (χ3v) is 2.81. The first-order valence-corrected chi connectivity index (χ1v) is 5.81. The van der Waals surface area contributed by atoms with E-state index < -0.39 is 0 Å². The topological polar surface area (TPSA) is 50.9 Å². The van der Waals surface area contributed by atoms with E-state index in [1.807, 2.05) is 19.2 Å². The molecule has 0 aromatic carbocycles. The monoisotopic (exact) mass is 221 g/mol. The Kier molecular flexibility index (Phi) is 4.44. The quantitative estimate of drug-likeness (QED) is 0.607. The fourth-order valence-electron chi connectivity index (χ4n) is 1.77. The number of aromatic nitrogens is 1. The second-order valence-corrected chi connectivity index (χ2v) is 5.50. The van der Waals surface area contributed by atoms with Gasteiger partial charge in [-0.3, -0.25) is 16.3 Å². The number of rotatable bonds is 4.